The third-order valence-electron chi connectivity index (χ3n) is 2.68. The molecule has 5 nitrogen and oxygen atoms in total. The average molecular weight is 346 g/mol. The number of ether oxygens (including phenoxy) is 1. The molecular formula is C15H12BrN3O2. The number of urea groups is 1. The van der Waals surface area contributed by atoms with Crippen LogP contribution in [0.2, 0.25) is 0 Å². The summed E-state index contributed by atoms with van der Waals surface area (Å²) in [4.78, 5) is 12.0. The summed E-state index contributed by atoms with van der Waals surface area (Å²) < 4.78 is 5.86. The molecule has 0 aliphatic heterocycles. The molecule has 0 heterocycles. The molecule has 21 heavy (non-hydrogen) atoms. The number of nitriles is 1. The van der Waals surface area contributed by atoms with Crippen molar-refractivity contribution in [1.82, 2.24) is 0 Å². The number of halogens is 1. The van der Waals surface area contributed by atoms with Gasteiger partial charge in [-0.25, -0.2) is 4.79 Å². The highest BCUT2D eigenvalue weighted by molar-refractivity contribution is 9.10. The molecule has 0 saturated carbocycles. The Morgan fingerprint density at radius 1 is 1.24 bits per heavy atom. The fourth-order valence-corrected chi connectivity index (χ4v) is 2.06. The summed E-state index contributed by atoms with van der Waals surface area (Å²) in [5.74, 6) is 0.646. The van der Waals surface area contributed by atoms with Crippen LogP contribution < -0.4 is 15.4 Å². The molecule has 0 aliphatic carbocycles. The van der Waals surface area contributed by atoms with Crippen LogP contribution >= 0.6 is 15.9 Å². The van der Waals surface area contributed by atoms with Crippen LogP contribution in [-0.4, -0.2) is 13.1 Å². The molecule has 0 bridgehead atoms. The van der Waals surface area contributed by atoms with Crippen molar-refractivity contribution in [1.29, 1.82) is 5.26 Å². The van der Waals surface area contributed by atoms with Gasteiger partial charge < -0.3 is 15.4 Å². The maximum Gasteiger partial charge on any atom is 0.323 e. The van der Waals surface area contributed by atoms with Crippen molar-refractivity contribution in [3.63, 3.8) is 0 Å². The Morgan fingerprint density at radius 3 is 2.76 bits per heavy atom. The van der Waals surface area contributed by atoms with Gasteiger partial charge >= 0.3 is 6.03 Å². The summed E-state index contributed by atoms with van der Waals surface area (Å²) in [5.41, 5.74) is 1.42. The van der Waals surface area contributed by atoms with Gasteiger partial charge in [0.1, 0.15) is 11.8 Å². The highest BCUT2D eigenvalue weighted by Gasteiger charge is 2.08. The first-order chi connectivity index (χ1) is 10.1. The van der Waals surface area contributed by atoms with Crippen LogP contribution in [0.1, 0.15) is 5.56 Å². The lowest BCUT2D eigenvalue weighted by atomic mass is 10.2. The Balaban J connectivity index is 2.11. The number of carbonyl (C=O) groups is 1. The molecule has 0 aromatic heterocycles. The number of rotatable bonds is 3. The predicted octanol–water partition coefficient (Wildman–Crippen LogP) is 3.97. The summed E-state index contributed by atoms with van der Waals surface area (Å²) in [6, 6.07) is 13.6. The van der Waals surface area contributed by atoms with Crippen LogP contribution in [0.5, 0.6) is 5.75 Å². The lowest BCUT2D eigenvalue weighted by Crippen LogP contribution is -2.20. The van der Waals surface area contributed by atoms with Gasteiger partial charge in [0.25, 0.3) is 0 Å². The quantitative estimate of drug-likeness (QED) is 0.883. The first-order valence-electron chi connectivity index (χ1n) is 6.04. The Bertz CT molecular complexity index is 710. The van der Waals surface area contributed by atoms with Gasteiger partial charge in [-0.1, -0.05) is 22.0 Å². The molecule has 6 heteroatoms. The van der Waals surface area contributed by atoms with E-state index in [2.05, 4.69) is 26.6 Å². The first kappa shape index (κ1) is 14.9. The van der Waals surface area contributed by atoms with Crippen LogP contribution in [0.4, 0.5) is 16.2 Å². The lowest BCUT2D eigenvalue weighted by Gasteiger charge is -2.10. The molecule has 0 radical (unpaired) electrons. The van der Waals surface area contributed by atoms with E-state index in [0.717, 1.165) is 4.47 Å². The van der Waals surface area contributed by atoms with E-state index in [1.54, 1.807) is 49.6 Å². The second kappa shape index (κ2) is 6.77. The van der Waals surface area contributed by atoms with Gasteiger partial charge in [-0.15, -0.1) is 0 Å². The predicted molar refractivity (Wildman–Crippen MR) is 84.5 cm³/mol. The molecule has 0 atom stereocenters. The van der Waals surface area contributed by atoms with Crippen LogP contribution in [0.15, 0.2) is 46.9 Å². The third kappa shape index (κ3) is 3.97. The minimum absolute atomic E-state index is 0.388. The minimum atomic E-state index is -0.433. The summed E-state index contributed by atoms with van der Waals surface area (Å²) in [7, 11) is 1.56. The van der Waals surface area contributed by atoms with E-state index in [1.165, 1.54) is 0 Å². The fourth-order valence-electron chi connectivity index (χ4n) is 1.70. The summed E-state index contributed by atoms with van der Waals surface area (Å²) >= 11 is 3.30. The minimum Gasteiger partial charge on any atom is -0.497 e. The highest BCUT2D eigenvalue weighted by atomic mass is 79.9. The SMILES string of the molecule is COc1cccc(NC(=O)Nc2cc(Br)ccc2C#N)c1. The first-order valence-corrected chi connectivity index (χ1v) is 6.83. The number of carbonyl (C=O) groups excluding carboxylic acids is 1. The molecule has 0 spiro atoms. The van der Waals surface area contributed by atoms with E-state index >= 15 is 0 Å². The van der Waals surface area contributed by atoms with Gasteiger partial charge in [0.2, 0.25) is 0 Å². The van der Waals surface area contributed by atoms with Crippen LogP contribution in [0.3, 0.4) is 0 Å². The number of nitrogens with one attached hydrogen (secondary N) is 2. The van der Waals surface area contributed by atoms with Gasteiger partial charge in [-0.3, -0.25) is 0 Å². The molecule has 0 unspecified atom stereocenters. The number of hydrogen-bond donors (Lipinski definition) is 2. The van der Waals surface area contributed by atoms with Crippen molar-refractivity contribution in [2.24, 2.45) is 0 Å². The normalized spacial score (nSPS) is 9.57. The topological polar surface area (TPSA) is 74.2 Å². The second-order valence-electron chi connectivity index (χ2n) is 4.11. The van der Waals surface area contributed by atoms with Crippen molar-refractivity contribution in [2.75, 3.05) is 17.7 Å². The maximum absolute atomic E-state index is 12.0. The van der Waals surface area contributed by atoms with Gasteiger partial charge in [0.15, 0.2) is 0 Å². The number of methoxy groups -OCH3 is 1. The molecule has 0 saturated heterocycles. The Hall–Kier alpha value is -2.52. The molecule has 2 rings (SSSR count). The van der Waals surface area contributed by atoms with Crippen molar-refractivity contribution in [3.8, 4) is 11.8 Å². The number of amides is 2. The van der Waals surface area contributed by atoms with E-state index in [4.69, 9.17) is 10.00 Å². The van der Waals surface area contributed by atoms with Gasteiger partial charge in [0, 0.05) is 16.2 Å². The molecule has 2 aromatic rings. The maximum atomic E-state index is 12.0. The fraction of sp³-hybridized carbons (Fsp3) is 0.0667. The molecule has 106 valence electrons. The van der Waals surface area contributed by atoms with E-state index in [1.807, 2.05) is 6.07 Å². The smallest absolute Gasteiger partial charge is 0.323 e. The number of benzene rings is 2. The Labute approximate surface area is 130 Å². The summed E-state index contributed by atoms with van der Waals surface area (Å²) in [5, 5.41) is 14.4. The zero-order chi connectivity index (χ0) is 15.2. The third-order valence-corrected chi connectivity index (χ3v) is 3.17. The monoisotopic (exact) mass is 345 g/mol. The van der Waals surface area contributed by atoms with Crippen LogP contribution in [0, 0.1) is 11.3 Å². The van der Waals surface area contributed by atoms with E-state index in [-0.39, 0.29) is 0 Å². The number of anilines is 2. The Morgan fingerprint density at radius 2 is 2.05 bits per heavy atom. The van der Waals surface area contributed by atoms with Crippen LogP contribution in [-0.2, 0) is 0 Å². The molecule has 2 amide bonds. The zero-order valence-electron chi connectivity index (χ0n) is 11.2. The van der Waals surface area contributed by atoms with Crippen molar-refractivity contribution in [3.05, 3.63) is 52.5 Å². The standard InChI is InChI=1S/C15H12BrN3O2/c1-21-13-4-2-3-12(8-13)18-15(20)19-14-7-11(16)6-5-10(14)9-17/h2-8H,1H3,(H2,18,19,20). The molecule has 2 N–H and O–H groups in total. The van der Waals surface area contributed by atoms with Crippen molar-refractivity contribution in [2.45, 2.75) is 0 Å². The largest absolute Gasteiger partial charge is 0.497 e. The van der Waals surface area contributed by atoms with Crippen molar-refractivity contribution < 1.29 is 9.53 Å². The van der Waals surface area contributed by atoms with E-state index in [9.17, 15) is 4.79 Å². The van der Waals surface area contributed by atoms with E-state index in [0.29, 0.717) is 22.7 Å². The van der Waals surface area contributed by atoms with E-state index < -0.39 is 6.03 Å². The zero-order valence-corrected chi connectivity index (χ0v) is 12.8. The van der Waals surface area contributed by atoms with Gasteiger partial charge in [0.05, 0.1) is 18.4 Å². The molecule has 0 aliphatic rings. The average Bonchev–Trinajstić information content (AvgIpc) is 2.47. The number of hydrogen-bond acceptors (Lipinski definition) is 3. The second-order valence-corrected chi connectivity index (χ2v) is 5.03. The van der Waals surface area contributed by atoms with Gasteiger partial charge in [-0.2, -0.15) is 5.26 Å². The van der Waals surface area contributed by atoms with Crippen LogP contribution in [0.25, 0.3) is 0 Å². The Kier molecular flexibility index (Phi) is 4.80. The number of nitrogens with zero attached hydrogens (tertiary/aromatic N) is 1. The van der Waals surface area contributed by atoms with Gasteiger partial charge in [-0.05, 0) is 30.3 Å². The molecule has 2 aromatic carbocycles. The lowest BCUT2D eigenvalue weighted by molar-refractivity contribution is 0.262. The van der Waals surface area contributed by atoms with Crippen molar-refractivity contribution >= 4 is 33.3 Å². The molecular weight excluding hydrogens is 334 g/mol. The summed E-state index contributed by atoms with van der Waals surface area (Å²) in [6.07, 6.45) is 0. The highest BCUT2D eigenvalue weighted by Crippen LogP contribution is 2.21. The molecule has 0 fully saturated rings. The summed E-state index contributed by atoms with van der Waals surface area (Å²) in [6.45, 7) is 0.